The van der Waals surface area contributed by atoms with E-state index in [4.69, 9.17) is 4.42 Å². The Labute approximate surface area is 161 Å². The highest BCUT2D eigenvalue weighted by Gasteiger charge is 2.24. The fourth-order valence-electron chi connectivity index (χ4n) is 2.65. The molecule has 2 aromatic rings. The van der Waals surface area contributed by atoms with Crippen LogP contribution in [0.4, 0.5) is 0 Å². The maximum atomic E-state index is 13.1. The molecule has 0 radical (unpaired) electrons. The molecule has 0 aliphatic carbocycles. The van der Waals surface area contributed by atoms with Gasteiger partial charge in [-0.3, -0.25) is 9.59 Å². The molecule has 1 aromatic heterocycles. The molecule has 2 rings (SSSR count). The van der Waals surface area contributed by atoms with Gasteiger partial charge >= 0.3 is 0 Å². The standard InChI is InChI=1S/C21H29N3O3/c1-6-15(4)22-20(25)18-13-27-19(23-18)12-24(16(5)7-2)21(26)17-11-9-8-10-14(17)3/h8-11,13,15-16H,6-7,12H2,1-5H3,(H,22,25). The topological polar surface area (TPSA) is 75.4 Å². The van der Waals surface area contributed by atoms with E-state index < -0.39 is 0 Å². The van der Waals surface area contributed by atoms with E-state index in [2.05, 4.69) is 10.3 Å². The van der Waals surface area contributed by atoms with E-state index in [1.54, 1.807) is 4.90 Å². The molecule has 6 nitrogen and oxygen atoms in total. The summed E-state index contributed by atoms with van der Waals surface area (Å²) in [5, 5.41) is 2.86. The van der Waals surface area contributed by atoms with Gasteiger partial charge in [0.1, 0.15) is 6.26 Å². The summed E-state index contributed by atoms with van der Waals surface area (Å²) in [7, 11) is 0. The van der Waals surface area contributed by atoms with Crippen LogP contribution in [0.5, 0.6) is 0 Å². The van der Waals surface area contributed by atoms with Crippen LogP contribution in [0.1, 0.15) is 72.8 Å². The zero-order valence-electron chi connectivity index (χ0n) is 16.8. The monoisotopic (exact) mass is 371 g/mol. The third-order valence-electron chi connectivity index (χ3n) is 4.84. The number of carbonyl (C=O) groups excluding carboxylic acids is 2. The Morgan fingerprint density at radius 1 is 1.19 bits per heavy atom. The average Bonchev–Trinajstić information content (AvgIpc) is 3.14. The van der Waals surface area contributed by atoms with Gasteiger partial charge in [-0.15, -0.1) is 0 Å². The second-order valence-electron chi connectivity index (χ2n) is 6.91. The van der Waals surface area contributed by atoms with Gasteiger partial charge in [0.25, 0.3) is 11.8 Å². The molecule has 1 heterocycles. The maximum absolute atomic E-state index is 13.1. The van der Waals surface area contributed by atoms with Gasteiger partial charge < -0.3 is 14.6 Å². The molecule has 2 amide bonds. The van der Waals surface area contributed by atoms with Crippen molar-refractivity contribution in [2.75, 3.05) is 0 Å². The summed E-state index contributed by atoms with van der Waals surface area (Å²) in [6.07, 6.45) is 2.99. The fourth-order valence-corrected chi connectivity index (χ4v) is 2.65. The van der Waals surface area contributed by atoms with Crippen molar-refractivity contribution in [2.24, 2.45) is 0 Å². The minimum absolute atomic E-state index is 0.0152. The van der Waals surface area contributed by atoms with Crippen molar-refractivity contribution in [3.63, 3.8) is 0 Å². The minimum Gasteiger partial charge on any atom is -0.446 e. The van der Waals surface area contributed by atoms with Gasteiger partial charge in [-0.1, -0.05) is 32.0 Å². The van der Waals surface area contributed by atoms with Crippen LogP contribution >= 0.6 is 0 Å². The highest BCUT2D eigenvalue weighted by Crippen LogP contribution is 2.17. The zero-order valence-corrected chi connectivity index (χ0v) is 16.8. The van der Waals surface area contributed by atoms with Gasteiger partial charge in [-0.05, 0) is 45.2 Å². The van der Waals surface area contributed by atoms with Gasteiger partial charge in [-0.25, -0.2) is 4.98 Å². The minimum atomic E-state index is -0.264. The summed E-state index contributed by atoms with van der Waals surface area (Å²) < 4.78 is 5.48. The molecule has 0 aliphatic rings. The molecule has 0 bridgehead atoms. The van der Waals surface area contributed by atoms with Crippen molar-refractivity contribution in [3.05, 3.63) is 53.2 Å². The molecule has 0 spiro atoms. The molecule has 1 N–H and O–H groups in total. The largest absolute Gasteiger partial charge is 0.446 e. The Bertz CT molecular complexity index is 784. The first-order valence-electron chi connectivity index (χ1n) is 9.49. The number of amides is 2. The predicted octanol–water partition coefficient (Wildman–Crippen LogP) is 3.95. The number of rotatable bonds is 8. The zero-order chi connectivity index (χ0) is 20.0. The smallest absolute Gasteiger partial charge is 0.273 e. The molecule has 27 heavy (non-hydrogen) atoms. The lowest BCUT2D eigenvalue weighted by Gasteiger charge is -2.28. The van der Waals surface area contributed by atoms with Crippen LogP contribution in [0.15, 0.2) is 34.9 Å². The number of benzene rings is 1. The van der Waals surface area contributed by atoms with Crippen LogP contribution < -0.4 is 5.32 Å². The van der Waals surface area contributed by atoms with Crippen LogP contribution in [-0.4, -0.2) is 33.8 Å². The summed E-state index contributed by atoms with van der Waals surface area (Å²) in [5.74, 6) is 0.0254. The van der Waals surface area contributed by atoms with Crippen LogP contribution in [-0.2, 0) is 6.54 Å². The van der Waals surface area contributed by atoms with E-state index >= 15 is 0 Å². The number of aryl methyl sites for hydroxylation is 1. The van der Waals surface area contributed by atoms with Crippen molar-refractivity contribution < 1.29 is 14.0 Å². The van der Waals surface area contributed by atoms with Gasteiger partial charge in [0, 0.05) is 17.6 Å². The van der Waals surface area contributed by atoms with Gasteiger partial charge in [0.2, 0.25) is 5.89 Å². The highest BCUT2D eigenvalue weighted by atomic mass is 16.3. The molecule has 6 heteroatoms. The molecule has 0 fully saturated rings. The van der Waals surface area contributed by atoms with Gasteiger partial charge in [-0.2, -0.15) is 0 Å². The maximum Gasteiger partial charge on any atom is 0.273 e. The summed E-state index contributed by atoms with van der Waals surface area (Å²) in [5.41, 5.74) is 1.83. The number of aromatic nitrogens is 1. The normalized spacial score (nSPS) is 13.1. The number of carbonyl (C=O) groups is 2. The first-order chi connectivity index (χ1) is 12.9. The number of oxazole rings is 1. The van der Waals surface area contributed by atoms with Crippen molar-refractivity contribution in [2.45, 2.75) is 66.1 Å². The van der Waals surface area contributed by atoms with Crippen LogP contribution in [0.3, 0.4) is 0 Å². The molecule has 1 aromatic carbocycles. The van der Waals surface area contributed by atoms with E-state index in [1.807, 2.05) is 58.9 Å². The molecular weight excluding hydrogens is 342 g/mol. The lowest BCUT2D eigenvalue weighted by molar-refractivity contribution is 0.0651. The quantitative estimate of drug-likeness (QED) is 0.762. The molecule has 146 valence electrons. The SMILES string of the molecule is CCC(C)NC(=O)c1coc(CN(C(=O)c2ccccc2C)C(C)CC)n1. The molecule has 0 saturated heterocycles. The van der Waals surface area contributed by atoms with Crippen LogP contribution in [0, 0.1) is 6.92 Å². The van der Waals surface area contributed by atoms with E-state index in [9.17, 15) is 9.59 Å². The van der Waals surface area contributed by atoms with Gasteiger partial charge in [0.05, 0.1) is 6.54 Å². The van der Waals surface area contributed by atoms with E-state index in [0.29, 0.717) is 11.5 Å². The van der Waals surface area contributed by atoms with Gasteiger partial charge in [0.15, 0.2) is 5.69 Å². The second-order valence-corrected chi connectivity index (χ2v) is 6.91. The lowest BCUT2D eigenvalue weighted by atomic mass is 10.1. The Balaban J connectivity index is 2.19. The fraction of sp³-hybridized carbons (Fsp3) is 0.476. The third-order valence-corrected chi connectivity index (χ3v) is 4.84. The van der Waals surface area contributed by atoms with Crippen LogP contribution in [0.25, 0.3) is 0 Å². The van der Waals surface area contributed by atoms with E-state index in [-0.39, 0.29) is 36.1 Å². The summed E-state index contributed by atoms with van der Waals surface area (Å²) in [6, 6.07) is 7.60. The second kappa shape index (κ2) is 9.35. The summed E-state index contributed by atoms with van der Waals surface area (Å²) >= 11 is 0. The third kappa shape index (κ3) is 5.18. The first-order valence-corrected chi connectivity index (χ1v) is 9.49. The Morgan fingerprint density at radius 3 is 2.52 bits per heavy atom. The van der Waals surface area contributed by atoms with Crippen LogP contribution in [0.2, 0.25) is 0 Å². The first kappa shape index (κ1) is 20.7. The van der Waals surface area contributed by atoms with E-state index in [0.717, 1.165) is 18.4 Å². The molecular formula is C21H29N3O3. The van der Waals surface area contributed by atoms with Crippen molar-refractivity contribution in [1.29, 1.82) is 0 Å². The van der Waals surface area contributed by atoms with Crippen molar-refractivity contribution >= 4 is 11.8 Å². The Kier molecular flexibility index (Phi) is 7.16. The number of hydrogen-bond donors (Lipinski definition) is 1. The summed E-state index contributed by atoms with van der Waals surface area (Å²) in [4.78, 5) is 31.3. The number of hydrogen-bond acceptors (Lipinski definition) is 4. The molecule has 0 saturated carbocycles. The number of nitrogens with one attached hydrogen (secondary N) is 1. The number of nitrogens with zero attached hydrogens (tertiary/aromatic N) is 2. The van der Waals surface area contributed by atoms with Crippen molar-refractivity contribution in [3.8, 4) is 0 Å². The predicted molar refractivity (Wildman–Crippen MR) is 105 cm³/mol. The Hall–Kier alpha value is -2.63. The highest BCUT2D eigenvalue weighted by molar-refractivity contribution is 5.95. The lowest BCUT2D eigenvalue weighted by Crippen LogP contribution is -2.38. The van der Waals surface area contributed by atoms with Crippen molar-refractivity contribution in [1.82, 2.24) is 15.2 Å². The average molecular weight is 371 g/mol. The Morgan fingerprint density at radius 2 is 1.89 bits per heavy atom. The molecule has 2 atom stereocenters. The molecule has 0 aliphatic heterocycles. The summed E-state index contributed by atoms with van der Waals surface area (Å²) in [6.45, 7) is 10.1. The van der Waals surface area contributed by atoms with E-state index in [1.165, 1.54) is 6.26 Å². The molecule has 2 unspecified atom stereocenters.